The Kier molecular flexibility index (Phi) is 5.31. The van der Waals surface area contributed by atoms with Gasteiger partial charge in [-0.25, -0.2) is 0 Å². The lowest BCUT2D eigenvalue weighted by Crippen LogP contribution is -2.14. The van der Waals surface area contributed by atoms with Crippen molar-refractivity contribution in [3.8, 4) is 0 Å². The minimum atomic E-state index is -0.579. The number of hydrogen-bond acceptors (Lipinski definition) is 5. The van der Waals surface area contributed by atoms with Crippen LogP contribution in [0.15, 0.2) is 42.6 Å². The predicted octanol–water partition coefficient (Wildman–Crippen LogP) is 4.27. The van der Waals surface area contributed by atoms with Crippen LogP contribution in [0.5, 0.6) is 0 Å². The second kappa shape index (κ2) is 7.63. The standard InChI is InChI=1S/C18H14ClNO4S/c19-17-7-6-16(25-17)14(21)5-8-18(23)24-10-15(22)12-9-20-13-4-2-1-3-11(12)13/h1-4,6-7,9,20H,5,8,10H2. The van der Waals surface area contributed by atoms with Crippen LogP contribution >= 0.6 is 22.9 Å². The van der Waals surface area contributed by atoms with E-state index in [1.165, 1.54) is 11.3 Å². The molecule has 0 spiro atoms. The first-order valence-corrected chi connectivity index (χ1v) is 8.77. The van der Waals surface area contributed by atoms with Crippen molar-refractivity contribution in [3.63, 3.8) is 0 Å². The molecule has 7 heteroatoms. The molecule has 0 aliphatic rings. The summed E-state index contributed by atoms with van der Waals surface area (Å²) in [7, 11) is 0. The molecule has 128 valence electrons. The van der Waals surface area contributed by atoms with Gasteiger partial charge in [-0.05, 0) is 18.2 Å². The second-order valence-electron chi connectivity index (χ2n) is 5.36. The Labute approximate surface area is 152 Å². The molecule has 3 rings (SSSR count). The molecule has 2 aromatic heterocycles. The van der Waals surface area contributed by atoms with Crippen molar-refractivity contribution in [2.24, 2.45) is 0 Å². The molecule has 5 nitrogen and oxygen atoms in total. The molecule has 0 fully saturated rings. The van der Waals surface area contributed by atoms with Crippen LogP contribution in [-0.4, -0.2) is 29.1 Å². The van der Waals surface area contributed by atoms with Crippen molar-refractivity contribution in [2.75, 3.05) is 6.61 Å². The number of rotatable bonds is 7. The van der Waals surface area contributed by atoms with Crippen molar-refractivity contribution in [1.82, 2.24) is 4.98 Å². The van der Waals surface area contributed by atoms with Gasteiger partial charge in [0.15, 0.2) is 12.4 Å². The van der Waals surface area contributed by atoms with Gasteiger partial charge in [0, 0.05) is 29.1 Å². The first-order chi connectivity index (χ1) is 12.0. The average molecular weight is 376 g/mol. The van der Waals surface area contributed by atoms with Crippen LogP contribution in [0.2, 0.25) is 4.34 Å². The monoisotopic (exact) mass is 375 g/mol. The van der Waals surface area contributed by atoms with E-state index in [-0.39, 0.29) is 31.0 Å². The Morgan fingerprint density at radius 2 is 1.84 bits per heavy atom. The molecule has 2 heterocycles. The van der Waals surface area contributed by atoms with Gasteiger partial charge in [0.1, 0.15) is 0 Å². The lowest BCUT2D eigenvalue weighted by Gasteiger charge is -2.03. The zero-order chi connectivity index (χ0) is 17.8. The van der Waals surface area contributed by atoms with Crippen molar-refractivity contribution < 1.29 is 19.1 Å². The third-order valence-corrected chi connectivity index (χ3v) is 4.93. The number of aromatic amines is 1. The average Bonchev–Trinajstić information content (AvgIpc) is 3.23. The van der Waals surface area contributed by atoms with E-state index in [0.29, 0.717) is 14.8 Å². The maximum absolute atomic E-state index is 12.2. The molecule has 25 heavy (non-hydrogen) atoms. The molecule has 0 atom stereocenters. The van der Waals surface area contributed by atoms with Crippen molar-refractivity contribution in [3.05, 3.63) is 57.4 Å². The summed E-state index contributed by atoms with van der Waals surface area (Å²) >= 11 is 6.95. The Balaban J connectivity index is 1.50. The summed E-state index contributed by atoms with van der Waals surface area (Å²) < 4.78 is 5.51. The summed E-state index contributed by atoms with van der Waals surface area (Å²) in [4.78, 5) is 39.4. The van der Waals surface area contributed by atoms with Crippen LogP contribution in [0.25, 0.3) is 10.9 Å². The highest BCUT2D eigenvalue weighted by Gasteiger charge is 2.16. The number of ether oxygens (including phenoxy) is 1. The maximum Gasteiger partial charge on any atom is 0.306 e. The number of benzene rings is 1. The molecule has 0 saturated carbocycles. The van der Waals surface area contributed by atoms with Crippen LogP contribution in [0.3, 0.4) is 0 Å². The topological polar surface area (TPSA) is 76.2 Å². The molecule has 0 aliphatic carbocycles. The van der Waals surface area contributed by atoms with E-state index >= 15 is 0 Å². The molecule has 1 aromatic carbocycles. The minimum Gasteiger partial charge on any atom is -0.457 e. The molecule has 0 saturated heterocycles. The summed E-state index contributed by atoms with van der Waals surface area (Å²) in [5, 5.41) is 0.785. The summed E-state index contributed by atoms with van der Waals surface area (Å²) in [6.07, 6.45) is 1.55. The first kappa shape index (κ1) is 17.4. The number of ketones is 2. The Morgan fingerprint density at radius 3 is 2.60 bits per heavy atom. The number of aromatic nitrogens is 1. The van der Waals surface area contributed by atoms with E-state index in [4.69, 9.17) is 16.3 Å². The number of carbonyl (C=O) groups excluding carboxylic acids is 3. The Bertz CT molecular complexity index is 943. The zero-order valence-corrected chi connectivity index (χ0v) is 14.7. The van der Waals surface area contributed by atoms with E-state index in [0.717, 1.165) is 10.9 Å². The van der Waals surface area contributed by atoms with Gasteiger partial charge in [-0.2, -0.15) is 0 Å². The number of carbonyl (C=O) groups is 3. The third-order valence-electron chi connectivity index (χ3n) is 3.66. The molecule has 0 aliphatic heterocycles. The van der Waals surface area contributed by atoms with Crippen molar-refractivity contribution in [2.45, 2.75) is 12.8 Å². The fourth-order valence-electron chi connectivity index (χ4n) is 2.40. The number of nitrogens with one attached hydrogen (secondary N) is 1. The van der Waals surface area contributed by atoms with Gasteiger partial charge in [0.05, 0.1) is 15.6 Å². The lowest BCUT2D eigenvalue weighted by atomic mass is 10.1. The first-order valence-electron chi connectivity index (χ1n) is 7.58. The highest BCUT2D eigenvalue weighted by atomic mass is 35.5. The zero-order valence-electron chi connectivity index (χ0n) is 13.1. The van der Waals surface area contributed by atoms with E-state index in [1.807, 2.05) is 24.3 Å². The van der Waals surface area contributed by atoms with Crippen molar-refractivity contribution in [1.29, 1.82) is 0 Å². The van der Waals surface area contributed by atoms with Crippen LogP contribution in [0, 0.1) is 0 Å². The highest BCUT2D eigenvalue weighted by Crippen LogP contribution is 2.23. The van der Waals surface area contributed by atoms with E-state index in [1.54, 1.807) is 18.3 Å². The fraction of sp³-hybridized carbons (Fsp3) is 0.167. The number of halogens is 1. The van der Waals surface area contributed by atoms with Gasteiger partial charge >= 0.3 is 5.97 Å². The fourth-order valence-corrected chi connectivity index (χ4v) is 3.41. The molecular weight excluding hydrogens is 362 g/mol. The van der Waals surface area contributed by atoms with Crippen LogP contribution in [-0.2, 0) is 9.53 Å². The van der Waals surface area contributed by atoms with Crippen molar-refractivity contribution >= 4 is 51.4 Å². The van der Waals surface area contributed by atoms with Gasteiger partial charge in [0.2, 0.25) is 5.78 Å². The largest absolute Gasteiger partial charge is 0.457 e. The third kappa shape index (κ3) is 4.15. The number of hydrogen-bond donors (Lipinski definition) is 1. The van der Waals surface area contributed by atoms with Crippen LogP contribution in [0.4, 0.5) is 0 Å². The van der Waals surface area contributed by atoms with E-state index in [9.17, 15) is 14.4 Å². The summed E-state index contributed by atoms with van der Waals surface area (Å²) in [5.41, 5.74) is 1.32. The highest BCUT2D eigenvalue weighted by molar-refractivity contribution is 7.18. The molecule has 0 unspecified atom stereocenters. The molecule has 0 radical (unpaired) electrons. The normalized spacial score (nSPS) is 10.8. The molecule has 3 aromatic rings. The second-order valence-corrected chi connectivity index (χ2v) is 7.07. The quantitative estimate of drug-likeness (QED) is 0.494. The SMILES string of the molecule is O=C(CCC(=O)c1ccc(Cl)s1)OCC(=O)c1c[nH]c2ccccc12. The number of para-hydroxylation sites is 1. The summed E-state index contributed by atoms with van der Waals surface area (Å²) in [6.45, 7) is -0.348. The molecule has 1 N–H and O–H groups in total. The Morgan fingerprint density at radius 1 is 1.04 bits per heavy atom. The molecule has 0 amide bonds. The number of H-pyrrole nitrogens is 1. The van der Waals surface area contributed by atoms with Gasteiger partial charge in [-0.1, -0.05) is 29.8 Å². The number of fused-ring (bicyclic) bond motifs is 1. The predicted molar refractivity (Wildman–Crippen MR) is 96.5 cm³/mol. The van der Waals surface area contributed by atoms with E-state index < -0.39 is 5.97 Å². The van der Waals surface area contributed by atoms with Crippen LogP contribution < -0.4 is 0 Å². The molecule has 0 bridgehead atoms. The smallest absolute Gasteiger partial charge is 0.306 e. The van der Waals surface area contributed by atoms with Gasteiger partial charge in [-0.3, -0.25) is 14.4 Å². The van der Waals surface area contributed by atoms with E-state index in [2.05, 4.69) is 4.98 Å². The Hall–Kier alpha value is -2.44. The van der Waals surface area contributed by atoms with Gasteiger partial charge in [-0.15, -0.1) is 11.3 Å². The molecular formula is C18H14ClNO4S. The maximum atomic E-state index is 12.2. The number of esters is 1. The number of Topliss-reactive ketones (excluding diaryl/α,β-unsaturated/α-hetero) is 2. The summed E-state index contributed by atoms with van der Waals surface area (Å²) in [6, 6.07) is 10.7. The summed E-state index contributed by atoms with van der Waals surface area (Å²) in [5.74, 6) is -1.04. The lowest BCUT2D eigenvalue weighted by molar-refractivity contribution is -0.142. The number of thiophene rings is 1. The van der Waals surface area contributed by atoms with Crippen LogP contribution in [0.1, 0.15) is 32.9 Å². The minimum absolute atomic E-state index is 0.0248. The van der Waals surface area contributed by atoms with Gasteiger partial charge < -0.3 is 9.72 Å². The van der Waals surface area contributed by atoms with Gasteiger partial charge in [0.25, 0.3) is 0 Å².